The van der Waals surface area contributed by atoms with Gasteiger partial charge in [-0.3, -0.25) is 4.79 Å². The Balaban J connectivity index is 1.59. The molecule has 4 rings (SSSR count). The number of esters is 1. The zero-order chi connectivity index (χ0) is 21.1. The summed E-state index contributed by atoms with van der Waals surface area (Å²) >= 11 is 1.63. The Bertz CT molecular complexity index is 974. The van der Waals surface area contributed by atoms with E-state index in [-0.39, 0.29) is 17.7 Å². The maximum absolute atomic E-state index is 12.7. The number of anilines is 1. The molecule has 1 aromatic carbocycles. The number of carbonyl (C=O) groups is 2. The molecule has 0 saturated heterocycles. The molecule has 2 aromatic rings. The molecule has 1 aromatic heterocycles. The largest absolute Gasteiger partial charge is 0.497 e. The molecule has 0 aliphatic heterocycles. The van der Waals surface area contributed by atoms with Crippen LogP contribution in [0.3, 0.4) is 0 Å². The fourth-order valence-electron chi connectivity index (χ4n) is 4.31. The molecule has 5 nitrogen and oxygen atoms in total. The van der Waals surface area contributed by atoms with E-state index in [2.05, 4.69) is 5.32 Å². The predicted molar refractivity (Wildman–Crippen MR) is 119 cm³/mol. The van der Waals surface area contributed by atoms with Gasteiger partial charge in [0, 0.05) is 23.1 Å². The molecule has 158 valence electrons. The van der Waals surface area contributed by atoms with Crippen molar-refractivity contribution in [2.75, 3.05) is 19.0 Å². The number of ether oxygens (including phenoxy) is 2. The van der Waals surface area contributed by atoms with Gasteiger partial charge in [-0.05, 0) is 68.2 Å². The lowest BCUT2D eigenvalue weighted by atomic mass is 9.85. The minimum Gasteiger partial charge on any atom is -0.497 e. The highest BCUT2D eigenvalue weighted by Gasteiger charge is 2.28. The first-order chi connectivity index (χ1) is 14.6. The lowest BCUT2D eigenvalue weighted by molar-refractivity contribution is -0.115. The minimum atomic E-state index is -0.270. The highest BCUT2D eigenvalue weighted by atomic mass is 32.1. The van der Waals surface area contributed by atoms with Crippen molar-refractivity contribution in [1.29, 1.82) is 0 Å². The van der Waals surface area contributed by atoms with Crippen LogP contribution in [0.1, 0.15) is 64.9 Å². The zero-order valence-corrected chi connectivity index (χ0v) is 18.3. The molecule has 0 radical (unpaired) electrons. The summed E-state index contributed by atoms with van der Waals surface area (Å²) in [4.78, 5) is 26.4. The standard InChI is InChI=1S/C24H27NO4S/c1-3-29-24(27)22-20-6-4-5-7-21(20)30-23(22)25-17-12-16(13-18(26)14-17)15-8-10-19(28-2)11-9-15/h8-11,14,16,25H,3-7,12-13H2,1-2H3. The number of methoxy groups -OCH3 is 1. The summed E-state index contributed by atoms with van der Waals surface area (Å²) in [6.45, 7) is 2.18. The molecule has 6 heteroatoms. The molecule has 30 heavy (non-hydrogen) atoms. The van der Waals surface area contributed by atoms with Crippen LogP contribution in [0.5, 0.6) is 5.75 Å². The first-order valence-corrected chi connectivity index (χ1v) is 11.4. The number of thiophene rings is 1. The van der Waals surface area contributed by atoms with Crippen molar-refractivity contribution in [3.8, 4) is 5.75 Å². The van der Waals surface area contributed by atoms with Gasteiger partial charge in [0.2, 0.25) is 0 Å². The Morgan fingerprint density at radius 3 is 2.67 bits per heavy atom. The van der Waals surface area contributed by atoms with E-state index in [4.69, 9.17) is 9.47 Å². The van der Waals surface area contributed by atoms with Crippen LogP contribution < -0.4 is 10.1 Å². The molecule has 0 spiro atoms. The summed E-state index contributed by atoms with van der Waals surface area (Å²) in [5.74, 6) is 0.743. The fraction of sp³-hybridized carbons (Fsp3) is 0.417. The molecule has 2 aliphatic rings. The number of allylic oxidation sites excluding steroid dienone is 2. The van der Waals surface area contributed by atoms with Crippen molar-refractivity contribution in [2.24, 2.45) is 0 Å². The van der Waals surface area contributed by atoms with Crippen LogP contribution in [0.25, 0.3) is 0 Å². The Kier molecular flexibility index (Phi) is 6.23. The summed E-state index contributed by atoms with van der Waals surface area (Å²) in [6, 6.07) is 7.90. The summed E-state index contributed by atoms with van der Waals surface area (Å²) in [7, 11) is 1.64. The lowest BCUT2D eigenvalue weighted by Crippen LogP contribution is -2.17. The molecule has 1 unspecified atom stereocenters. The number of fused-ring (bicyclic) bond motifs is 1. The maximum Gasteiger partial charge on any atom is 0.341 e. The average molecular weight is 426 g/mol. The van der Waals surface area contributed by atoms with Crippen molar-refractivity contribution in [2.45, 2.75) is 51.4 Å². The van der Waals surface area contributed by atoms with Crippen LogP contribution in [0.15, 0.2) is 36.0 Å². The summed E-state index contributed by atoms with van der Waals surface area (Å²) in [5.41, 5.74) is 3.77. The van der Waals surface area contributed by atoms with Gasteiger partial charge >= 0.3 is 5.97 Å². The van der Waals surface area contributed by atoms with Gasteiger partial charge < -0.3 is 14.8 Å². The van der Waals surface area contributed by atoms with E-state index in [1.54, 1.807) is 24.5 Å². The first-order valence-electron chi connectivity index (χ1n) is 10.5. The number of hydrogen-bond donors (Lipinski definition) is 1. The summed E-state index contributed by atoms with van der Waals surface area (Å²) in [5, 5.41) is 4.25. The molecule has 1 heterocycles. The predicted octanol–water partition coefficient (Wildman–Crippen LogP) is 5.25. The SMILES string of the molecule is CCOC(=O)c1c(NC2=CC(=O)CC(c3ccc(OC)cc3)C2)sc2c1CCCC2. The van der Waals surface area contributed by atoms with Gasteiger partial charge in [0.25, 0.3) is 0 Å². The Morgan fingerprint density at radius 2 is 1.93 bits per heavy atom. The second kappa shape index (κ2) is 9.04. The molecular weight excluding hydrogens is 398 g/mol. The van der Waals surface area contributed by atoms with Crippen molar-refractivity contribution >= 4 is 28.1 Å². The van der Waals surface area contributed by atoms with Crippen LogP contribution in [0.2, 0.25) is 0 Å². The number of rotatable bonds is 6. The number of ketones is 1. The molecule has 1 atom stereocenters. The smallest absolute Gasteiger partial charge is 0.341 e. The highest BCUT2D eigenvalue weighted by molar-refractivity contribution is 7.16. The maximum atomic E-state index is 12.7. The van der Waals surface area contributed by atoms with Gasteiger partial charge in [-0.2, -0.15) is 0 Å². The molecule has 1 N–H and O–H groups in total. The third-order valence-corrected chi connectivity index (χ3v) is 6.97. The molecule has 2 aliphatic carbocycles. The molecule has 0 bridgehead atoms. The zero-order valence-electron chi connectivity index (χ0n) is 17.5. The van der Waals surface area contributed by atoms with Crippen LogP contribution >= 0.6 is 11.3 Å². The van der Waals surface area contributed by atoms with Crippen molar-refractivity contribution in [3.63, 3.8) is 0 Å². The number of hydrogen-bond acceptors (Lipinski definition) is 6. The monoisotopic (exact) mass is 425 g/mol. The Morgan fingerprint density at radius 1 is 1.17 bits per heavy atom. The van der Waals surface area contributed by atoms with Crippen molar-refractivity contribution in [1.82, 2.24) is 0 Å². The van der Waals surface area contributed by atoms with E-state index in [1.165, 1.54) is 4.88 Å². The first kappa shape index (κ1) is 20.7. The normalized spacial score (nSPS) is 18.4. The Hall–Kier alpha value is -2.60. The van der Waals surface area contributed by atoms with Gasteiger partial charge in [-0.15, -0.1) is 11.3 Å². The topological polar surface area (TPSA) is 64.6 Å². The lowest BCUT2D eigenvalue weighted by Gasteiger charge is -2.23. The van der Waals surface area contributed by atoms with E-state index >= 15 is 0 Å². The molecule has 0 amide bonds. The van der Waals surface area contributed by atoms with Gasteiger partial charge in [0.15, 0.2) is 5.78 Å². The molecular formula is C24H27NO4S. The van der Waals surface area contributed by atoms with Gasteiger partial charge in [0.05, 0.1) is 19.3 Å². The summed E-state index contributed by atoms with van der Waals surface area (Å²) in [6.07, 6.45) is 7.06. The Labute approximate surface area is 181 Å². The number of nitrogens with one attached hydrogen (secondary N) is 1. The van der Waals surface area contributed by atoms with Crippen molar-refractivity contribution < 1.29 is 19.1 Å². The van der Waals surface area contributed by atoms with E-state index in [0.717, 1.165) is 59.7 Å². The van der Waals surface area contributed by atoms with Gasteiger partial charge in [-0.25, -0.2) is 4.79 Å². The van der Waals surface area contributed by atoms with Crippen molar-refractivity contribution in [3.05, 3.63) is 57.6 Å². The van der Waals surface area contributed by atoms with Crippen LogP contribution in [-0.4, -0.2) is 25.5 Å². The van der Waals surface area contributed by atoms with Gasteiger partial charge in [0.1, 0.15) is 10.8 Å². The van der Waals surface area contributed by atoms with Crippen LogP contribution in [-0.2, 0) is 22.4 Å². The number of aryl methyl sites for hydroxylation is 1. The molecule has 0 saturated carbocycles. The minimum absolute atomic E-state index is 0.101. The third kappa shape index (κ3) is 4.29. The fourth-order valence-corrected chi connectivity index (χ4v) is 5.62. The third-order valence-electron chi connectivity index (χ3n) is 5.76. The van der Waals surface area contributed by atoms with E-state index in [9.17, 15) is 9.59 Å². The number of carbonyl (C=O) groups excluding carboxylic acids is 2. The van der Waals surface area contributed by atoms with E-state index < -0.39 is 0 Å². The second-order valence-electron chi connectivity index (χ2n) is 7.77. The van der Waals surface area contributed by atoms with Gasteiger partial charge in [-0.1, -0.05) is 12.1 Å². The molecule has 0 fully saturated rings. The highest BCUT2D eigenvalue weighted by Crippen LogP contribution is 2.41. The quantitative estimate of drug-likeness (QED) is 0.640. The van der Waals surface area contributed by atoms with Crippen LogP contribution in [0.4, 0.5) is 5.00 Å². The van der Waals surface area contributed by atoms with E-state index in [0.29, 0.717) is 18.6 Å². The summed E-state index contributed by atoms with van der Waals surface area (Å²) < 4.78 is 10.6. The van der Waals surface area contributed by atoms with Crippen LogP contribution in [0, 0.1) is 0 Å². The second-order valence-corrected chi connectivity index (χ2v) is 8.88. The average Bonchev–Trinajstić information content (AvgIpc) is 3.11. The number of benzene rings is 1. The van der Waals surface area contributed by atoms with E-state index in [1.807, 2.05) is 31.2 Å².